The van der Waals surface area contributed by atoms with E-state index in [1.54, 1.807) is 11.1 Å². The van der Waals surface area contributed by atoms with Crippen LogP contribution >= 0.6 is 11.6 Å². The minimum atomic E-state index is -0.144. The first-order chi connectivity index (χ1) is 11.6. The lowest BCUT2D eigenvalue weighted by Crippen LogP contribution is -2.42. The second-order valence-electron chi connectivity index (χ2n) is 5.84. The highest BCUT2D eigenvalue weighted by Crippen LogP contribution is 2.36. The number of halogens is 1. The molecule has 0 saturated carbocycles. The molecule has 1 atom stereocenters. The molecule has 0 spiro atoms. The second-order valence-corrected chi connectivity index (χ2v) is 6.28. The zero-order valence-corrected chi connectivity index (χ0v) is 14.0. The van der Waals surface area contributed by atoms with Gasteiger partial charge in [-0.05, 0) is 37.0 Å². The van der Waals surface area contributed by atoms with E-state index in [1.807, 2.05) is 24.3 Å². The lowest BCUT2D eigenvalue weighted by Gasteiger charge is -2.36. The third kappa shape index (κ3) is 3.34. The molecule has 1 saturated heterocycles. The van der Waals surface area contributed by atoms with E-state index in [2.05, 4.69) is 9.97 Å². The number of hydrogen-bond acceptors (Lipinski definition) is 5. The quantitative estimate of drug-likeness (QED) is 0.890. The minimum Gasteiger partial charge on any atom is -0.368 e. The number of rotatable bonds is 3. The van der Waals surface area contributed by atoms with E-state index < -0.39 is 0 Å². The summed E-state index contributed by atoms with van der Waals surface area (Å²) in [6, 6.07) is 7.35. The van der Waals surface area contributed by atoms with Crippen LogP contribution in [0.4, 0.5) is 5.95 Å². The predicted octanol–water partition coefficient (Wildman–Crippen LogP) is 2.39. The van der Waals surface area contributed by atoms with Crippen LogP contribution in [0.2, 0.25) is 5.02 Å². The van der Waals surface area contributed by atoms with E-state index in [0.717, 1.165) is 36.1 Å². The maximum Gasteiger partial charge on any atom is 0.236 e. The number of carbonyl (C=O) groups is 1. The van der Waals surface area contributed by atoms with Crippen molar-refractivity contribution in [1.82, 2.24) is 14.9 Å². The Kier molecular flexibility index (Phi) is 4.97. The lowest BCUT2D eigenvalue weighted by atomic mass is 9.93. The van der Waals surface area contributed by atoms with Gasteiger partial charge >= 0.3 is 0 Å². The number of aromatic nitrogens is 2. The van der Waals surface area contributed by atoms with Crippen LogP contribution in [0.25, 0.3) is 11.1 Å². The maximum atomic E-state index is 12.2. The van der Waals surface area contributed by atoms with Crippen LogP contribution in [-0.2, 0) is 4.79 Å². The molecule has 1 aliphatic rings. The van der Waals surface area contributed by atoms with Gasteiger partial charge in [0.15, 0.2) is 0 Å². The molecule has 1 aromatic heterocycles. The third-order valence-electron chi connectivity index (χ3n) is 4.29. The van der Waals surface area contributed by atoms with Crippen molar-refractivity contribution in [2.45, 2.75) is 25.3 Å². The van der Waals surface area contributed by atoms with Crippen molar-refractivity contribution in [1.29, 1.82) is 0 Å². The highest BCUT2D eigenvalue weighted by atomic mass is 35.5. The van der Waals surface area contributed by atoms with Gasteiger partial charge in [-0.15, -0.1) is 0 Å². The van der Waals surface area contributed by atoms with Crippen molar-refractivity contribution >= 4 is 23.5 Å². The standard InChI is InChI=1S/C17H20ClN5O/c18-12-5-3-4-11(8-12)13-10-21-17(20)22-16(13)14-6-1-2-7-23(14)15(24)9-19/h3-5,8,10,14H,1-2,6-7,9,19H2,(H2,20,21,22)/t14-/m1/s1. The number of amides is 1. The van der Waals surface area contributed by atoms with E-state index in [0.29, 0.717) is 11.6 Å². The van der Waals surface area contributed by atoms with Crippen molar-refractivity contribution in [3.8, 4) is 11.1 Å². The molecule has 7 heteroatoms. The van der Waals surface area contributed by atoms with Gasteiger partial charge < -0.3 is 16.4 Å². The Labute approximate surface area is 145 Å². The Morgan fingerprint density at radius 1 is 1.38 bits per heavy atom. The molecule has 24 heavy (non-hydrogen) atoms. The number of benzene rings is 1. The highest BCUT2D eigenvalue weighted by Gasteiger charge is 2.30. The molecule has 1 amide bonds. The Hall–Kier alpha value is -2.18. The first-order valence-electron chi connectivity index (χ1n) is 7.98. The van der Waals surface area contributed by atoms with Crippen LogP contribution in [-0.4, -0.2) is 33.9 Å². The number of nitrogen functional groups attached to an aromatic ring is 1. The summed E-state index contributed by atoms with van der Waals surface area (Å²) in [6.07, 6.45) is 4.52. The fraction of sp³-hybridized carbons (Fsp3) is 0.353. The number of nitrogens with zero attached hydrogens (tertiary/aromatic N) is 3. The van der Waals surface area contributed by atoms with Crippen molar-refractivity contribution in [2.24, 2.45) is 5.73 Å². The summed E-state index contributed by atoms with van der Waals surface area (Å²) in [6.45, 7) is 0.670. The first kappa shape index (κ1) is 16.7. The van der Waals surface area contributed by atoms with Gasteiger partial charge in [0.2, 0.25) is 11.9 Å². The Morgan fingerprint density at radius 3 is 2.96 bits per heavy atom. The fourth-order valence-electron chi connectivity index (χ4n) is 3.17. The molecule has 2 heterocycles. The molecule has 2 aromatic rings. The lowest BCUT2D eigenvalue weighted by molar-refractivity contribution is -0.133. The van der Waals surface area contributed by atoms with Gasteiger partial charge in [0, 0.05) is 23.3 Å². The van der Waals surface area contributed by atoms with E-state index in [1.165, 1.54) is 0 Å². The van der Waals surface area contributed by atoms with Crippen LogP contribution < -0.4 is 11.5 Å². The molecule has 0 radical (unpaired) electrons. The summed E-state index contributed by atoms with van der Waals surface area (Å²) in [5.41, 5.74) is 13.9. The van der Waals surface area contributed by atoms with E-state index in [9.17, 15) is 4.79 Å². The molecule has 4 N–H and O–H groups in total. The van der Waals surface area contributed by atoms with Crippen molar-refractivity contribution in [2.75, 3.05) is 18.8 Å². The van der Waals surface area contributed by atoms with Gasteiger partial charge in [-0.3, -0.25) is 4.79 Å². The van der Waals surface area contributed by atoms with Crippen LogP contribution in [0, 0.1) is 0 Å². The minimum absolute atomic E-state index is 0.0104. The van der Waals surface area contributed by atoms with Crippen molar-refractivity contribution in [3.63, 3.8) is 0 Å². The molecule has 0 unspecified atom stereocenters. The third-order valence-corrected chi connectivity index (χ3v) is 4.52. The zero-order chi connectivity index (χ0) is 17.1. The number of nitrogens with two attached hydrogens (primary N) is 2. The summed E-state index contributed by atoms with van der Waals surface area (Å²) in [5.74, 6) is 0.121. The average Bonchev–Trinajstić information content (AvgIpc) is 2.61. The summed E-state index contributed by atoms with van der Waals surface area (Å²) in [4.78, 5) is 22.6. The SMILES string of the molecule is NCC(=O)N1CCCC[C@@H]1c1nc(N)ncc1-c1cccc(Cl)c1. The Bertz CT molecular complexity index is 752. The number of carbonyl (C=O) groups excluding carboxylic acids is 1. The highest BCUT2D eigenvalue weighted by molar-refractivity contribution is 6.30. The number of likely N-dealkylation sites (tertiary alicyclic amines) is 1. The molecule has 1 fully saturated rings. The summed E-state index contributed by atoms with van der Waals surface area (Å²) >= 11 is 6.12. The Balaban J connectivity index is 2.08. The molecule has 1 aliphatic heterocycles. The first-order valence-corrected chi connectivity index (χ1v) is 8.36. The van der Waals surface area contributed by atoms with Crippen LogP contribution in [0.1, 0.15) is 31.0 Å². The van der Waals surface area contributed by atoms with Gasteiger partial charge in [0.05, 0.1) is 18.3 Å². The normalized spacial score (nSPS) is 17.8. The Morgan fingerprint density at radius 2 is 2.21 bits per heavy atom. The van der Waals surface area contributed by atoms with Crippen LogP contribution in [0.5, 0.6) is 0 Å². The van der Waals surface area contributed by atoms with Crippen molar-refractivity contribution < 1.29 is 4.79 Å². The number of anilines is 1. The fourth-order valence-corrected chi connectivity index (χ4v) is 3.36. The molecule has 126 valence electrons. The van der Waals surface area contributed by atoms with Gasteiger partial charge in [0.25, 0.3) is 0 Å². The number of piperidine rings is 1. The van der Waals surface area contributed by atoms with Crippen LogP contribution in [0.3, 0.4) is 0 Å². The largest absolute Gasteiger partial charge is 0.368 e. The maximum absolute atomic E-state index is 12.2. The van der Waals surface area contributed by atoms with Crippen molar-refractivity contribution in [3.05, 3.63) is 41.2 Å². The second kappa shape index (κ2) is 7.15. The molecule has 3 rings (SSSR count). The summed E-state index contributed by atoms with van der Waals surface area (Å²) in [5, 5.41) is 0.633. The van der Waals surface area contributed by atoms with Gasteiger partial charge in [0.1, 0.15) is 0 Å². The van der Waals surface area contributed by atoms with Crippen LogP contribution in [0.15, 0.2) is 30.5 Å². The van der Waals surface area contributed by atoms with Gasteiger partial charge in [-0.1, -0.05) is 23.7 Å². The molecular weight excluding hydrogens is 326 g/mol. The molecule has 0 bridgehead atoms. The van der Waals surface area contributed by atoms with E-state index in [-0.39, 0.29) is 24.4 Å². The molecule has 6 nitrogen and oxygen atoms in total. The van der Waals surface area contributed by atoms with E-state index >= 15 is 0 Å². The molecule has 1 aromatic carbocycles. The predicted molar refractivity (Wildman–Crippen MR) is 94.2 cm³/mol. The van der Waals surface area contributed by atoms with Gasteiger partial charge in [-0.25, -0.2) is 9.97 Å². The molecule has 0 aliphatic carbocycles. The zero-order valence-electron chi connectivity index (χ0n) is 13.3. The summed E-state index contributed by atoms with van der Waals surface area (Å²) < 4.78 is 0. The number of hydrogen-bond donors (Lipinski definition) is 2. The monoisotopic (exact) mass is 345 g/mol. The summed E-state index contributed by atoms with van der Waals surface area (Å²) in [7, 11) is 0. The van der Waals surface area contributed by atoms with E-state index in [4.69, 9.17) is 23.1 Å². The molecular formula is C17H20ClN5O. The van der Waals surface area contributed by atoms with Gasteiger partial charge in [-0.2, -0.15) is 0 Å². The average molecular weight is 346 g/mol. The topological polar surface area (TPSA) is 98.1 Å². The smallest absolute Gasteiger partial charge is 0.236 e.